The average molecular weight is 342 g/mol. The Balaban J connectivity index is 2.08. The summed E-state index contributed by atoms with van der Waals surface area (Å²) in [6.07, 6.45) is 6.66. The molecule has 1 aliphatic rings. The maximum atomic E-state index is 11.1. The highest BCUT2D eigenvalue weighted by atomic mass is 32.2. The number of hydrogen-bond acceptors (Lipinski definition) is 4. The molecule has 2 rings (SSSR count). The Morgan fingerprint density at radius 3 is 2.91 bits per heavy atom. The molecule has 2 unspecified atom stereocenters. The van der Waals surface area contributed by atoms with Gasteiger partial charge in [-0.2, -0.15) is 0 Å². The molecule has 2 heterocycles. The molecule has 1 aromatic heterocycles. The predicted molar refractivity (Wildman–Crippen MR) is 90.6 cm³/mol. The molecule has 0 amide bonds. The topological polar surface area (TPSA) is 106 Å². The third kappa shape index (κ3) is 5.21. The number of nitrogens with two attached hydrogens (primary N) is 1. The summed E-state index contributed by atoms with van der Waals surface area (Å²) in [4.78, 5) is 10.7. The SMILES string of the molecule is CCNC(=NCCS(N)(=O)=O)N1CCC(C)C(n2ccnc2)C1. The van der Waals surface area contributed by atoms with Crippen LogP contribution in [0.15, 0.2) is 23.7 Å². The first-order valence-electron chi connectivity index (χ1n) is 7.92. The lowest BCUT2D eigenvalue weighted by molar-refractivity contribution is 0.189. The molecule has 1 fully saturated rings. The quantitative estimate of drug-likeness (QED) is 0.580. The van der Waals surface area contributed by atoms with Crippen molar-refractivity contribution >= 4 is 16.0 Å². The molecule has 2 atom stereocenters. The van der Waals surface area contributed by atoms with Gasteiger partial charge in [0.2, 0.25) is 10.0 Å². The van der Waals surface area contributed by atoms with Crippen molar-refractivity contribution in [2.45, 2.75) is 26.3 Å². The summed E-state index contributed by atoms with van der Waals surface area (Å²) >= 11 is 0. The molecule has 130 valence electrons. The highest BCUT2D eigenvalue weighted by molar-refractivity contribution is 7.89. The third-order valence-corrected chi connectivity index (χ3v) is 4.85. The number of hydrogen-bond donors (Lipinski definition) is 2. The smallest absolute Gasteiger partial charge is 0.210 e. The number of primary sulfonamides is 1. The average Bonchev–Trinajstić information content (AvgIpc) is 3.00. The summed E-state index contributed by atoms with van der Waals surface area (Å²) in [6, 6.07) is 0.327. The van der Waals surface area contributed by atoms with E-state index >= 15 is 0 Å². The lowest BCUT2D eigenvalue weighted by Crippen LogP contribution is -2.49. The van der Waals surface area contributed by atoms with Gasteiger partial charge in [0.15, 0.2) is 5.96 Å². The second-order valence-electron chi connectivity index (χ2n) is 5.89. The molecule has 1 aliphatic heterocycles. The van der Waals surface area contributed by atoms with E-state index in [1.807, 2.05) is 19.4 Å². The van der Waals surface area contributed by atoms with Gasteiger partial charge in [0.05, 0.1) is 24.7 Å². The van der Waals surface area contributed by atoms with Crippen molar-refractivity contribution in [2.75, 3.05) is 31.9 Å². The minimum atomic E-state index is -3.49. The van der Waals surface area contributed by atoms with Crippen LogP contribution in [0.25, 0.3) is 0 Å². The van der Waals surface area contributed by atoms with Crippen LogP contribution in [0.4, 0.5) is 0 Å². The largest absolute Gasteiger partial charge is 0.357 e. The van der Waals surface area contributed by atoms with Crippen LogP contribution in [-0.2, 0) is 10.0 Å². The number of likely N-dealkylation sites (tertiary alicyclic amines) is 1. The highest BCUT2D eigenvalue weighted by Crippen LogP contribution is 2.27. The van der Waals surface area contributed by atoms with Crippen LogP contribution in [-0.4, -0.2) is 60.8 Å². The molecule has 0 spiro atoms. The molecule has 0 aromatic carbocycles. The fourth-order valence-corrected chi connectivity index (χ4v) is 3.15. The van der Waals surface area contributed by atoms with E-state index in [9.17, 15) is 8.42 Å². The van der Waals surface area contributed by atoms with E-state index in [1.165, 1.54) is 0 Å². The Kier molecular flexibility index (Phi) is 6.00. The standard InChI is InChI=1S/C14H26N6O2S/c1-3-17-14(18-6-9-23(15,21)22)19-7-4-12(2)13(10-19)20-8-5-16-11-20/h5,8,11-13H,3-4,6-7,9-10H2,1-2H3,(H,17,18)(H2,15,21,22). The van der Waals surface area contributed by atoms with Crippen molar-refractivity contribution in [1.29, 1.82) is 0 Å². The zero-order valence-corrected chi connectivity index (χ0v) is 14.5. The number of guanidine groups is 1. The second kappa shape index (κ2) is 7.78. The normalized spacial score (nSPS) is 23.1. The van der Waals surface area contributed by atoms with Gasteiger partial charge in [-0.15, -0.1) is 0 Å². The van der Waals surface area contributed by atoms with Crippen LogP contribution < -0.4 is 10.5 Å². The van der Waals surface area contributed by atoms with Crippen LogP contribution >= 0.6 is 0 Å². The van der Waals surface area contributed by atoms with Crippen molar-refractivity contribution in [3.05, 3.63) is 18.7 Å². The minimum Gasteiger partial charge on any atom is -0.357 e. The van der Waals surface area contributed by atoms with Crippen LogP contribution in [0.2, 0.25) is 0 Å². The number of rotatable bonds is 5. The zero-order valence-electron chi connectivity index (χ0n) is 13.7. The summed E-state index contributed by atoms with van der Waals surface area (Å²) in [5.74, 6) is 1.15. The molecule has 0 radical (unpaired) electrons. The Bertz CT molecular complexity index is 613. The van der Waals surface area contributed by atoms with Gasteiger partial charge >= 0.3 is 0 Å². The Morgan fingerprint density at radius 1 is 1.52 bits per heavy atom. The monoisotopic (exact) mass is 342 g/mol. The lowest BCUT2D eigenvalue weighted by Gasteiger charge is -2.39. The van der Waals surface area contributed by atoms with E-state index in [1.54, 1.807) is 6.20 Å². The van der Waals surface area contributed by atoms with Gasteiger partial charge in [-0.25, -0.2) is 18.5 Å². The van der Waals surface area contributed by atoms with Gasteiger partial charge in [0, 0.05) is 32.0 Å². The molecule has 8 nitrogen and oxygen atoms in total. The fourth-order valence-electron chi connectivity index (χ4n) is 2.80. The summed E-state index contributed by atoms with van der Waals surface area (Å²) in [5.41, 5.74) is 0. The van der Waals surface area contributed by atoms with Crippen LogP contribution in [0, 0.1) is 5.92 Å². The molecule has 1 aromatic rings. The van der Waals surface area contributed by atoms with Crippen molar-refractivity contribution in [1.82, 2.24) is 19.8 Å². The summed E-state index contributed by atoms with van der Waals surface area (Å²) in [7, 11) is -3.49. The summed E-state index contributed by atoms with van der Waals surface area (Å²) in [5, 5.41) is 8.27. The summed E-state index contributed by atoms with van der Waals surface area (Å²) < 4.78 is 24.3. The summed E-state index contributed by atoms with van der Waals surface area (Å²) in [6.45, 7) is 6.85. The molecular formula is C14H26N6O2S. The van der Waals surface area contributed by atoms with Crippen molar-refractivity contribution in [2.24, 2.45) is 16.0 Å². The molecule has 3 N–H and O–H groups in total. The first-order valence-corrected chi connectivity index (χ1v) is 9.63. The first-order chi connectivity index (χ1) is 10.9. The molecule has 23 heavy (non-hydrogen) atoms. The maximum Gasteiger partial charge on any atom is 0.210 e. The van der Waals surface area contributed by atoms with E-state index in [2.05, 4.69) is 31.7 Å². The number of aliphatic imine (C=N–C) groups is 1. The number of nitrogens with one attached hydrogen (secondary N) is 1. The molecule has 9 heteroatoms. The van der Waals surface area contributed by atoms with Gasteiger partial charge in [-0.05, 0) is 19.3 Å². The van der Waals surface area contributed by atoms with Crippen LogP contribution in [0.3, 0.4) is 0 Å². The molecule has 0 aliphatic carbocycles. The van der Waals surface area contributed by atoms with E-state index < -0.39 is 10.0 Å². The Labute approximate surface area is 137 Å². The van der Waals surface area contributed by atoms with Crippen molar-refractivity contribution in [3.63, 3.8) is 0 Å². The Hall–Kier alpha value is -1.61. The van der Waals surface area contributed by atoms with Crippen LogP contribution in [0.1, 0.15) is 26.3 Å². The third-order valence-electron chi connectivity index (χ3n) is 4.10. The van der Waals surface area contributed by atoms with Gasteiger partial charge in [-0.3, -0.25) is 4.99 Å². The first kappa shape index (κ1) is 17.7. The van der Waals surface area contributed by atoms with E-state index in [4.69, 9.17) is 5.14 Å². The second-order valence-corrected chi connectivity index (χ2v) is 7.63. The molecule has 0 saturated carbocycles. The number of imidazole rings is 1. The number of nitrogens with zero attached hydrogens (tertiary/aromatic N) is 4. The fraction of sp³-hybridized carbons (Fsp3) is 0.714. The van der Waals surface area contributed by atoms with Gasteiger partial charge < -0.3 is 14.8 Å². The number of piperidine rings is 1. The Morgan fingerprint density at radius 2 is 2.30 bits per heavy atom. The highest BCUT2D eigenvalue weighted by Gasteiger charge is 2.28. The van der Waals surface area contributed by atoms with Gasteiger partial charge in [-0.1, -0.05) is 6.92 Å². The maximum absolute atomic E-state index is 11.1. The molecule has 1 saturated heterocycles. The predicted octanol–water partition coefficient (Wildman–Crippen LogP) is 0.0200. The van der Waals surface area contributed by atoms with Gasteiger partial charge in [0.25, 0.3) is 0 Å². The van der Waals surface area contributed by atoms with E-state index in [-0.39, 0.29) is 12.3 Å². The molecular weight excluding hydrogens is 316 g/mol. The minimum absolute atomic E-state index is 0.142. The van der Waals surface area contributed by atoms with Gasteiger partial charge in [0.1, 0.15) is 0 Å². The van der Waals surface area contributed by atoms with E-state index in [0.717, 1.165) is 32.0 Å². The zero-order chi connectivity index (χ0) is 16.9. The van der Waals surface area contributed by atoms with Crippen molar-refractivity contribution < 1.29 is 8.42 Å². The van der Waals surface area contributed by atoms with Crippen molar-refractivity contribution in [3.8, 4) is 0 Å². The molecule has 0 bridgehead atoms. The number of sulfonamides is 1. The van der Waals surface area contributed by atoms with Crippen LogP contribution in [0.5, 0.6) is 0 Å². The lowest BCUT2D eigenvalue weighted by atomic mass is 9.93. The number of aromatic nitrogens is 2. The van der Waals surface area contributed by atoms with E-state index in [0.29, 0.717) is 12.0 Å².